The van der Waals surface area contributed by atoms with Crippen LogP contribution in [-0.2, 0) is 19.2 Å². The lowest BCUT2D eigenvalue weighted by molar-refractivity contribution is -0.194. The second kappa shape index (κ2) is 10.6. The Morgan fingerprint density at radius 2 is 1.68 bits per heavy atom. The molecule has 1 rings (SSSR count). The summed E-state index contributed by atoms with van der Waals surface area (Å²) in [6.07, 6.45) is -5.40. The number of rotatable bonds is 7. The predicted molar refractivity (Wildman–Crippen MR) is 97.1 cm³/mol. The number of ether oxygens (including phenoxy) is 2. The largest absolute Gasteiger partial charge is 0.464 e. The molecule has 0 aliphatic carbocycles. The fourth-order valence-electron chi connectivity index (χ4n) is 2.01. The van der Waals surface area contributed by atoms with E-state index in [1.165, 1.54) is 6.92 Å². The van der Waals surface area contributed by atoms with Gasteiger partial charge in [0.25, 0.3) is 0 Å². The van der Waals surface area contributed by atoms with Crippen molar-refractivity contribution in [2.24, 2.45) is 0 Å². The first-order chi connectivity index (χ1) is 13.1. The molecule has 0 saturated heterocycles. The monoisotopic (exact) mass is 398 g/mol. The van der Waals surface area contributed by atoms with Crippen LogP contribution in [0.4, 0.5) is 4.79 Å². The Balaban J connectivity index is 2.69. The maximum absolute atomic E-state index is 12.1. The van der Waals surface area contributed by atoms with E-state index in [-0.39, 0.29) is 18.4 Å². The predicted octanol–water partition coefficient (Wildman–Crippen LogP) is 0.483. The highest BCUT2D eigenvalue weighted by Crippen LogP contribution is 2.22. The summed E-state index contributed by atoms with van der Waals surface area (Å²) < 4.78 is 9.62. The molecule has 0 spiro atoms. The van der Waals surface area contributed by atoms with E-state index in [0.29, 0.717) is 5.06 Å². The molecule has 1 amide bonds. The van der Waals surface area contributed by atoms with Crippen LogP contribution in [0, 0.1) is 0 Å². The molecule has 2 N–H and O–H groups in total. The van der Waals surface area contributed by atoms with Crippen LogP contribution in [0.2, 0.25) is 0 Å². The van der Waals surface area contributed by atoms with Crippen LogP contribution in [0.1, 0.15) is 25.5 Å². The first-order valence-corrected chi connectivity index (χ1v) is 8.55. The summed E-state index contributed by atoms with van der Waals surface area (Å²) in [6.45, 7) is 3.42. The molecule has 1 aromatic rings. The van der Waals surface area contributed by atoms with Gasteiger partial charge in [-0.1, -0.05) is 12.1 Å². The number of hydroxylamine groups is 2. The van der Waals surface area contributed by atoms with Crippen molar-refractivity contribution in [2.45, 2.75) is 32.1 Å². The number of aliphatic hydroxyl groups excluding tert-OH is 2. The van der Waals surface area contributed by atoms with Crippen molar-refractivity contribution in [3.05, 3.63) is 29.8 Å². The molecule has 28 heavy (non-hydrogen) atoms. The molecule has 0 fully saturated rings. The van der Waals surface area contributed by atoms with E-state index in [1.54, 1.807) is 18.2 Å². The molecule has 0 heterocycles. The minimum atomic E-state index is -2.22. The van der Waals surface area contributed by atoms with Gasteiger partial charge in [0.15, 0.2) is 12.2 Å². The van der Waals surface area contributed by atoms with Gasteiger partial charge in [0.1, 0.15) is 5.75 Å². The highest BCUT2D eigenvalue weighted by molar-refractivity contribution is 5.85. The number of benzene rings is 1. The van der Waals surface area contributed by atoms with Crippen LogP contribution >= 0.6 is 0 Å². The van der Waals surface area contributed by atoms with Gasteiger partial charge in [0.05, 0.1) is 13.7 Å². The Kier molecular flexibility index (Phi) is 8.83. The van der Waals surface area contributed by atoms with E-state index in [4.69, 9.17) is 4.74 Å². The van der Waals surface area contributed by atoms with Crippen LogP contribution in [0.15, 0.2) is 24.3 Å². The third kappa shape index (κ3) is 6.48. The van der Waals surface area contributed by atoms with E-state index in [2.05, 4.69) is 9.57 Å². The maximum Gasteiger partial charge on any atom is 0.448 e. The van der Waals surface area contributed by atoms with Gasteiger partial charge in [-0.15, -0.1) is 5.06 Å². The summed E-state index contributed by atoms with van der Waals surface area (Å²) in [6, 6.07) is 6.88. The second-order valence-electron chi connectivity index (χ2n) is 6.13. The lowest BCUT2D eigenvalue weighted by Crippen LogP contribution is -2.44. The fraction of sp³-hybridized carbons (Fsp3) is 0.500. The van der Waals surface area contributed by atoms with Gasteiger partial charge in [-0.25, -0.2) is 14.4 Å². The van der Waals surface area contributed by atoms with Gasteiger partial charge in [0, 0.05) is 6.04 Å². The molecule has 156 valence electrons. The number of hydrogen-bond donors (Lipinski definition) is 2. The molecule has 0 bridgehead atoms. The number of aliphatic hydroxyl groups is 2. The molecule has 3 atom stereocenters. The fourth-order valence-corrected chi connectivity index (χ4v) is 2.01. The second-order valence-corrected chi connectivity index (χ2v) is 6.13. The first-order valence-electron chi connectivity index (χ1n) is 8.55. The number of esters is 1. The van der Waals surface area contributed by atoms with E-state index < -0.39 is 30.2 Å². The zero-order valence-corrected chi connectivity index (χ0v) is 16.5. The molecular weight excluding hydrogens is 372 g/mol. The minimum Gasteiger partial charge on any atom is -0.464 e. The maximum atomic E-state index is 12.1. The van der Waals surface area contributed by atoms with Crippen LogP contribution < -0.4 is 4.74 Å². The van der Waals surface area contributed by atoms with Crippen LogP contribution in [0.25, 0.3) is 0 Å². The molecular formula is C18H26N2O8. The SMILES string of the molecule is CCOC(=O)C(O)C(O)C(=O)ON(C)C(=O)Oc1cccc([C@H](C)N(C)C)c1. The van der Waals surface area contributed by atoms with E-state index in [1.807, 2.05) is 32.0 Å². The molecule has 0 aromatic heterocycles. The normalized spacial score (nSPS) is 14.0. The summed E-state index contributed by atoms with van der Waals surface area (Å²) in [5, 5.41) is 19.6. The zero-order chi connectivity index (χ0) is 21.4. The Morgan fingerprint density at radius 1 is 1.07 bits per heavy atom. The summed E-state index contributed by atoms with van der Waals surface area (Å²) in [7, 11) is 4.90. The Bertz CT molecular complexity index is 694. The van der Waals surface area contributed by atoms with Gasteiger partial charge < -0.3 is 29.4 Å². The van der Waals surface area contributed by atoms with Gasteiger partial charge >= 0.3 is 18.0 Å². The number of hydrogen-bond acceptors (Lipinski definition) is 9. The van der Waals surface area contributed by atoms with Crippen molar-refractivity contribution in [1.82, 2.24) is 9.96 Å². The van der Waals surface area contributed by atoms with Crippen LogP contribution in [0.5, 0.6) is 5.75 Å². The molecule has 10 heteroatoms. The van der Waals surface area contributed by atoms with Gasteiger partial charge in [-0.05, 0) is 45.6 Å². The van der Waals surface area contributed by atoms with E-state index in [9.17, 15) is 24.6 Å². The van der Waals surface area contributed by atoms with Crippen molar-refractivity contribution in [3.8, 4) is 5.75 Å². The Morgan fingerprint density at radius 3 is 2.25 bits per heavy atom. The number of carbonyl (C=O) groups excluding carboxylic acids is 3. The topological polar surface area (TPSA) is 126 Å². The summed E-state index contributed by atoms with van der Waals surface area (Å²) in [5.41, 5.74) is 0.905. The third-order valence-electron chi connectivity index (χ3n) is 3.87. The lowest BCUT2D eigenvalue weighted by atomic mass is 10.1. The molecule has 0 saturated carbocycles. The number of carbonyl (C=O) groups is 3. The highest BCUT2D eigenvalue weighted by Gasteiger charge is 2.34. The molecule has 0 aliphatic heterocycles. The van der Waals surface area contributed by atoms with Gasteiger partial charge in [-0.2, -0.15) is 0 Å². The molecule has 0 radical (unpaired) electrons. The summed E-state index contributed by atoms with van der Waals surface area (Å²) >= 11 is 0. The van der Waals surface area contributed by atoms with Crippen molar-refractivity contribution < 1.29 is 38.9 Å². The molecule has 1 aromatic carbocycles. The van der Waals surface area contributed by atoms with Crippen LogP contribution in [0.3, 0.4) is 0 Å². The molecule has 0 aliphatic rings. The average molecular weight is 398 g/mol. The number of nitrogens with zero attached hydrogens (tertiary/aromatic N) is 2. The minimum absolute atomic E-state index is 0.0462. The summed E-state index contributed by atoms with van der Waals surface area (Å²) in [4.78, 5) is 41.8. The van der Waals surface area contributed by atoms with E-state index >= 15 is 0 Å². The van der Waals surface area contributed by atoms with Crippen molar-refractivity contribution in [2.75, 3.05) is 27.7 Å². The first kappa shape index (κ1) is 23.3. The zero-order valence-electron chi connectivity index (χ0n) is 16.5. The summed E-state index contributed by atoms with van der Waals surface area (Å²) in [5.74, 6) is -2.38. The van der Waals surface area contributed by atoms with E-state index in [0.717, 1.165) is 12.6 Å². The van der Waals surface area contributed by atoms with Crippen molar-refractivity contribution in [3.63, 3.8) is 0 Å². The van der Waals surface area contributed by atoms with Crippen molar-refractivity contribution >= 4 is 18.0 Å². The molecule has 10 nitrogen and oxygen atoms in total. The van der Waals surface area contributed by atoms with Gasteiger partial charge in [-0.3, -0.25) is 0 Å². The number of amides is 1. The molecule has 2 unspecified atom stereocenters. The lowest BCUT2D eigenvalue weighted by Gasteiger charge is -2.21. The third-order valence-corrected chi connectivity index (χ3v) is 3.87. The van der Waals surface area contributed by atoms with Crippen molar-refractivity contribution in [1.29, 1.82) is 0 Å². The Labute approximate surface area is 163 Å². The highest BCUT2D eigenvalue weighted by atomic mass is 16.8. The smallest absolute Gasteiger partial charge is 0.448 e. The Hall–Kier alpha value is -2.69. The van der Waals surface area contributed by atoms with Crippen LogP contribution in [-0.4, -0.2) is 78.2 Å². The van der Waals surface area contributed by atoms with Gasteiger partial charge in [0.2, 0.25) is 0 Å². The quantitative estimate of drug-likeness (QED) is 0.498. The average Bonchev–Trinajstić information content (AvgIpc) is 2.66. The standard InChI is InChI=1S/C18H26N2O8/c1-6-26-16(23)14(21)15(22)17(24)28-20(5)18(25)27-13-9-7-8-12(10-13)11(2)19(3)4/h7-11,14-15,21-22H,6H2,1-5H3/t11-,14?,15?/m0/s1.